The molecule has 0 amide bonds. The molecule has 144 valence electrons. The summed E-state index contributed by atoms with van der Waals surface area (Å²) >= 11 is 0. The van der Waals surface area contributed by atoms with Gasteiger partial charge < -0.3 is 9.84 Å². The largest absolute Gasteiger partial charge is 0.394 e. The van der Waals surface area contributed by atoms with Gasteiger partial charge in [-0.3, -0.25) is 13.8 Å². The van der Waals surface area contributed by atoms with Crippen LogP contribution in [0, 0.1) is 0 Å². The summed E-state index contributed by atoms with van der Waals surface area (Å²) in [6, 6.07) is 0. The topological polar surface area (TPSA) is 94.5 Å². The number of imidazole rings is 2. The molecule has 0 aliphatic carbocycles. The second kappa shape index (κ2) is 7.74. The minimum Gasteiger partial charge on any atom is -0.394 e. The van der Waals surface area contributed by atoms with Crippen LogP contribution in [0.3, 0.4) is 0 Å². The van der Waals surface area contributed by atoms with E-state index < -0.39 is 0 Å². The van der Waals surface area contributed by atoms with E-state index in [-0.39, 0.29) is 24.7 Å². The average molecular weight is 371 g/mol. The average Bonchev–Trinajstić information content (AvgIpc) is 3.39. The molecule has 1 saturated heterocycles. The van der Waals surface area contributed by atoms with E-state index in [0.29, 0.717) is 29.7 Å². The number of fused-ring (bicyclic) bond motifs is 3. The number of nitrogens with zero attached hydrogens (tertiary/aromatic N) is 5. The standard InChI is InChI=1S/C19H25N5O3/c1-2-3-4-5-14(26)8-13-9-20-18-17-19(22-12-23(13)18)24(11-21-17)16-7-6-15(10-25)27-16/h9,11-12,15-16,25H,2-8,10H2,1H3/t15-,16+/m0/s1. The molecule has 2 atom stereocenters. The number of aliphatic hydroxyl groups is 1. The normalized spacial score (nSPS) is 20.1. The van der Waals surface area contributed by atoms with Crippen LogP contribution in [0.25, 0.3) is 16.8 Å². The van der Waals surface area contributed by atoms with Crippen molar-refractivity contribution < 1.29 is 14.6 Å². The molecule has 1 aliphatic rings. The third-order valence-electron chi connectivity index (χ3n) is 5.18. The Bertz CT molecular complexity index is 948. The van der Waals surface area contributed by atoms with Gasteiger partial charge in [-0.05, 0) is 19.3 Å². The number of carbonyl (C=O) groups excluding carboxylic acids is 1. The van der Waals surface area contributed by atoms with E-state index in [2.05, 4.69) is 21.9 Å². The van der Waals surface area contributed by atoms with E-state index in [1.165, 1.54) is 0 Å². The molecular weight excluding hydrogens is 346 g/mol. The lowest BCUT2D eigenvalue weighted by Crippen LogP contribution is -2.14. The zero-order chi connectivity index (χ0) is 18.8. The van der Waals surface area contributed by atoms with Crippen LogP contribution in [0.1, 0.15) is 57.4 Å². The minimum absolute atomic E-state index is 0.0245. The van der Waals surface area contributed by atoms with Crippen molar-refractivity contribution in [3.05, 3.63) is 24.5 Å². The summed E-state index contributed by atoms with van der Waals surface area (Å²) in [4.78, 5) is 25.7. The fourth-order valence-electron chi connectivity index (χ4n) is 3.68. The zero-order valence-electron chi connectivity index (χ0n) is 15.5. The highest BCUT2D eigenvalue weighted by atomic mass is 16.5. The number of ether oxygens (including phenoxy) is 1. The summed E-state index contributed by atoms with van der Waals surface area (Å²) in [6.07, 6.45) is 10.6. The maximum atomic E-state index is 12.2. The maximum Gasteiger partial charge on any atom is 0.168 e. The van der Waals surface area contributed by atoms with Crippen molar-refractivity contribution in [3.8, 4) is 0 Å². The van der Waals surface area contributed by atoms with Crippen LogP contribution in [0.15, 0.2) is 18.9 Å². The predicted molar refractivity (Wildman–Crippen MR) is 99.4 cm³/mol. The number of rotatable bonds is 8. The van der Waals surface area contributed by atoms with Crippen LogP contribution in [-0.4, -0.2) is 47.5 Å². The molecule has 1 fully saturated rings. The SMILES string of the molecule is CCCCCC(=O)Cc1cnc2c3ncn([C@H]4CC[C@@H](CO)O4)c3ncn12. The highest BCUT2D eigenvalue weighted by Crippen LogP contribution is 2.30. The Hall–Kier alpha value is -2.32. The van der Waals surface area contributed by atoms with Gasteiger partial charge in [-0.1, -0.05) is 19.8 Å². The summed E-state index contributed by atoms with van der Waals surface area (Å²) < 4.78 is 9.59. The number of hydrogen-bond acceptors (Lipinski definition) is 6. The van der Waals surface area contributed by atoms with Crippen molar-refractivity contribution in [2.75, 3.05) is 6.61 Å². The van der Waals surface area contributed by atoms with E-state index in [1.807, 2.05) is 8.97 Å². The van der Waals surface area contributed by atoms with Crippen LogP contribution >= 0.6 is 0 Å². The molecule has 3 aromatic rings. The second-order valence-corrected chi connectivity index (χ2v) is 7.16. The van der Waals surface area contributed by atoms with Gasteiger partial charge in [-0.25, -0.2) is 15.0 Å². The number of Topliss-reactive ketones (excluding diaryl/α,β-unsaturated/α-hetero) is 1. The Kier molecular flexibility index (Phi) is 5.18. The lowest BCUT2D eigenvalue weighted by Gasteiger charge is -2.13. The molecule has 1 N–H and O–H groups in total. The number of unbranched alkanes of at least 4 members (excludes halogenated alkanes) is 2. The number of aromatic nitrogens is 5. The van der Waals surface area contributed by atoms with Crippen LogP contribution in [0.4, 0.5) is 0 Å². The third kappa shape index (κ3) is 3.46. The van der Waals surface area contributed by atoms with Gasteiger partial charge in [0.1, 0.15) is 18.3 Å². The van der Waals surface area contributed by atoms with Crippen molar-refractivity contribution in [1.82, 2.24) is 23.9 Å². The summed E-state index contributed by atoms with van der Waals surface area (Å²) in [5, 5.41) is 9.27. The summed E-state index contributed by atoms with van der Waals surface area (Å²) in [5.41, 5.74) is 2.94. The van der Waals surface area contributed by atoms with Gasteiger partial charge in [-0.2, -0.15) is 0 Å². The molecule has 1 aliphatic heterocycles. The lowest BCUT2D eigenvalue weighted by molar-refractivity contribution is -0.118. The van der Waals surface area contributed by atoms with Crippen molar-refractivity contribution in [2.45, 2.75) is 64.2 Å². The number of carbonyl (C=O) groups is 1. The molecule has 0 saturated carbocycles. The number of ketones is 1. The van der Waals surface area contributed by atoms with E-state index in [4.69, 9.17) is 4.74 Å². The van der Waals surface area contributed by atoms with Gasteiger partial charge in [0.2, 0.25) is 0 Å². The molecule has 4 heterocycles. The second-order valence-electron chi connectivity index (χ2n) is 7.16. The Labute approximate surface area is 157 Å². The van der Waals surface area contributed by atoms with Crippen LogP contribution in [-0.2, 0) is 16.0 Å². The van der Waals surface area contributed by atoms with E-state index in [0.717, 1.165) is 37.8 Å². The quantitative estimate of drug-likeness (QED) is 0.611. The molecule has 0 radical (unpaired) electrons. The molecule has 0 aromatic carbocycles. The van der Waals surface area contributed by atoms with Gasteiger partial charge in [0.25, 0.3) is 0 Å². The lowest BCUT2D eigenvalue weighted by atomic mass is 10.1. The number of hydrogen-bond donors (Lipinski definition) is 1. The van der Waals surface area contributed by atoms with Gasteiger partial charge >= 0.3 is 0 Å². The predicted octanol–water partition coefficient (Wildman–Crippen LogP) is 2.44. The Morgan fingerprint density at radius 3 is 2.89 bits per heavy atom. The summed E-state index contributed by atoms with van der Waals surface area (Å²) in [5.74, 6) is 0.227. The maximum absolute atomic E-state index is 12.2. The van der Waals surface area contributed by atoms with E-state index >= 15 is 0 Å². The Balaban J connectivity index is 1.58. The van der Waals surface area contributed by atoms with Gasteiger partial charge in [0.15, 0.2) is 16.8 Å². The molecule has 0 bridgehead atoms. The molecule has 8 heteroatoms. The van der Waals surface area contributed by atoms with E-state index in [9.17, 15) is 9.90 Å². The van der Waals surface area contributed by atoms with E-state index in [1.54, 1.807) is 18.9 Å². The molecule has 8 nitrogen and oxygen atoms in total. The van der Waals surface area contributed by atoms with Crippen molar-refractivity contribution in [3.63, 3.8) is 0 Å². The minimum atomic E-state index is -0.170. The van der Waals surface area contributed by atoms with Crippen molar-refractivity contribution in [1.29, 1.82) is 0 Å². The van der Waals surface area contributed by atoms with Crippen LogP contribution in [0.5, 0.6) is 0 Å². The first-order chi connectivity index (χ1) is 13.2. The summed E-state index contributed by atoms with van der Waals surface area (Å²) in [6.45, 7) is 2.16. The highest BCUT2D eigenvalue weighted by Gasteiger charge is 2.28. The third-order valence-corrected chi connectivity index (χ3v) is 5.18. The summed E-state index contributed by atoms with van der Waals surface area (Å²) in [7, 11) is 0. The molecule has 4 rings (SSSR count). The Morgan fingerprint density at radius 2 is 2.11 bits per heavy atom. The highest BCUT2D eigenvalue weighted by molar-refractivity contribution is 5.86. The monoisotopic (exact) mass is 371 g/mol. The zero-order valence-corrected chi connectivity index (χ0v) is 15.5. The molecule has 0 unspecified atom stereocenters. The van der Waals surface area contributed by atoms with Crippen LogP contribution in [0.2, 0.25) is 0 Å². The first-order valence-electron chi connectivity index (χ1n) is 9.66. The van der Waals surface area contributed by atoms with Gasteiger partial charge in [-0.15, -0.1) is 0 Å². The van der Waals surface area contributed by atoms with Gasteiger partial charge in [0, 0.05) is 19.0 Å². The first-order valence-corrected chi connectivity index (χ1v) is 9.66. The van der Waals surface area contributed by atoms with Crippen molar-refractivity contribution >= 4 is 22.6 Å². The van der Waals surface area contributed by atoms with Crippen LogP contribution < -0.4 is 0 Å². The fraction of sp³-hybridized carbons (Fsp3) is 0.579. The molecule has 0 spiro atoms. The molecular formula is C19H25N5O3. The number of aliphatic hydroxyl groups excluding tert-OH is 1. The smallest absolute Gasteiger partial charge is 0.168 e. The van der Waals surface area contributed by atoms with Crippen molar-refractivity contribution in [2.24, 2.45) is 0 Å². The molecule has 27 heavy (non-hydrogen) atoms. The Morgan fingerprint density at radius 1 is 1.22 bits per heavy atom. The fourth-order valence-corrected chi connectivity index (χ4v) is 3.68. The first kappa shape index (κ1) is 18.1. The van der Waals surface area contributed by atoms with Gasteiger partial charge in [0.05, 0.1) is 24.7 Å². The molecule has 3 aromatic heterocycles.